The molecule has 0 saturated heterocycles. The number of hydrogen-bond donors (Lipinski definition) is 0. The first-order valence-corrected chi connectivity index (χ1v) is 6.60. The molecule has 0 bridgehead atoms. The maximum atomic E-state index is 12.3. The monoisotopic (exact) mass is 294 g/mol. The lowest BCUT2D eigenvalue weighted by molar-refractivity contribution is -0.384. The van der Waals surface area contributed by atoms with Crippen molar-refractivity contribution < 1.29 is 19.2 Å². The fraction of sp³-hybridized carbons (Fsp3) is 0.429. The average molecular weight is 294 g/mol. The third kappa shape index (κ3) is 4.55. The Bertz CT molecular complexity index is 556. The van der Waals surface area contributed by atoms with Crippen molar-refractivity contribution >= 4 is 17.6 Å². The molecule has 0 saturated carbocycles. The lowest BCUT2D eigenvalue weighted by Crippen LogP contribution is -2.36. The van der Waals surface area contributed by atoms with Gasteiger partial charge in [0, 0.05) is 24.2 Å². The highest BCUT2D eigenvalue weighted by molar-refractivity contribution is 5.96. The van der Waals surface area contributed by atoms with Gasteiger partial charge in [0.05, 0.1) is 11.5 Å². The van der Waals surface area contributed by atoms with E-state index in [1.807, 2.05) is 0 Å². The first-order valence-electron chi connectivity index (χ1n) is 6.60. The predicted octanol–water partition coefficient (Wildman–Crippen LogP) is 1.93. The Kier molecular flexibility index (Phi) is 5.83. The number of hydrogen-bond acceptors (Lipinski definition) is 5. The summed E-state index contributed by atoms with van der Waals surface area (Å²) in [6.07, 6.45) is 0. The van der Waals surface area contributed by atoms with E-state index in [2.05, 4.69) is 0 Å². The normalized spacial score (nSPS) is 10.0. The Hall–Kier alpha value is -2.44. The SMILES string of the molecule is CCOC(=O)CN(CC)C(=O)c1cc(C)cc([N+](=O)[O-])c1. The van der Waals surface area contributed by atoms with Crippen molar-refractivity contribution in [2.24, 2.45) is 0 Å². The van der Waals surface area contributed by atoms with Gasteiger partial charge < -0.3 is 9.64 Å². The van der Waals surface area contributed by atoms with Crippen LogP contribution in [0.3, 0.4) is 0 Å². The Morgan fingerprint density at radius 3 is 2.48 bits per heavy atom. The summed E-state index contributed by atoms with van der Waals surface area (Å²) in [6, 6.07) is 4.16. The predicted molar refractivity (Wildman–Crippen MR) is 76.0 cm³/mol. The molecule has 0 aliphatic carbocycles. The van der Waals surface area contributed by atoms with Crippen LogP contribution >= 0.6 is 0 Å². The molecule has 0 atom stereocenters. The zero-order valence-electron chi connectivity index (χ0n) is 12.3. The van der Waals surface area contributed by atoms with Gasteiger partial charge in [0.2, 0.25) is 0 Å². The highest BCUT2D eigenvalue weighted by Crippen LogP contribution is 2.18. The number of esters is 1. The van der Waals surface area contributed by atoms with Crippen molar-refractivity contribution in [1.82, 2.24) is 4.90 Å². The van der Waals surface area contributed by atoms with Crippen molar-refractivity contribution in [3.05, 3.63) is 39.4 Å². The highest BCUT2D eigenvalue weighted by Gasteiger charge is 2.20. The third-order valence-electron chi connectivity index (χ3n) is 2.81. The molecule has 0 aromatic heterocycles. The smallest absolute Gasteiger partial charge is 0.325 e. The summed E-state index contributed by atoms with van der Waals surface area (Å²) in [4.78, 5) is 35.4. The fourth-order valence-electron chi connectivity index (χ4n) is 1.86. The molecule has 0 aliphatic rings. The molecule has 1 aromatic carbocycles. The summed E-state index contributed by atoms with van der Waals surface area (Å²) in [7, 11) is 0. The average Bonchev–Trinajstić information content (AvgIpc) is 2.43. The standard InChI is InChI=1S/C14H18N2O5/c1-4-15(9-13(17)21-5-2)14(18)11-6-10(3)7-12(8-11)16(19)20/h6-8H,4-5,9H2,1-3H3. The van der Waals surface area contributed by atoms with Crippen LogP contribution in [0.15, 0.2) is 18.2 Å². The highest BCUT2D eigenvalue weighted by atomic mass is 16.6. The molecule has 114 valence electrons. The van der Waals surface area contributed by atoms with Crippen LogP contribution in [0.25, 0.3) is 0 Å². The first kappa shape index (κ1) is 16.6. The van der Waals surface area contributed by atoms with Crippen molar-refractivity contribution in [3.63, 3.8) is 0 Å². The van der Waals surface area contributed by atoms with E-state index in [0.717, 1.165) is 0 Å². The summed E-state index contributed by atoms with van der Waals surface area (Å²) in [6.45, 7) is 5.44. The molecule has 0 fully saturated rings. The lowest BCUT2D eigenvalue weighted by Gasteiger charge is -2.19. The van der Waals surface area contributed by atoms with Crippen LogP contribution in [0.4, 0.5) is 5.69 Å². The number of amides is 1. The molecule has 1 rings (SSSR count). The number of nitro benzene ring substituents is 1. The summed E-state index contributed by atoms with van der Waals surface area (Å²) < 4.78 is 4.80. The Morgan fingerprint density at radius 1 is 1.29 bits per heavy atom. The Morgan fingerprint density at radius 2 is 1.95 bits per heavy atom. The van der Waals surface area contributed by atoms with Crippen LogP contribution in [-0.2, 0) is 9.53 Å². The molecule has 1 aromatic rings. The number of benzene rings is 1. The van der Waals surface area contributed by atoms with Crippen LogP contribution in [0, 0.1) is 17.0 Å². The maximum absolute atomic E-state index is 12.3. The van der Waals surface area contributed by atoms with Gasteiger partial charge in [-0.05, 0) is 32.4 Å². The van der Waals surface area contributed by atoms with E-state index in [0.29, 0.717) is 12.1 Å². The second-order valence-electron chi connectivity index (χ2n) is 4.44. The molecular formula is C14H18N2O5. The Labute approximate surface area is 122 Å². The van der Waals surface area contributed by atoms with Crippen LogP contribution < -0.4 is 0 Å². The van der Waals surface area contributed by atoms with E-state index in [1.54, 1.807) is 26.8 Å². The van der Waals surface area contributed by atoms with Gasteiger partial charge in [0.25, 0.3) is 11.6 Å². The molecule has 0 unspecified atom stereocenters. The number of non-ortho nitro benzene ring substituents is 1. The third-order valence-corrected chi connectivity index (χ3v) is 2.81. The van der Waals surface area contributed by atoms with Crippen molar-refractivity contribution in [3.8, 4) is 0 Å². The number of aryl methyl sites for hydroxylation is 1. The van der Waals surface area contributed by atoms with E-state index in [4.69, 9.17) is 4.74 Å². The summed E-state index contributed by atoms with van der Waals surface area (Å²) in [5, 5.41) is 10.8. The molecule has 21 heavy (non-hydrogen) atoms. The second kappa shape index (κ2) is 7.37. The van der Waals surface area contributed by atoms with Crippen molar-refractivity contribution in [1.29, 1.82) is 0 Å². The molecule has 0 heterocycles. The fourth-order valence-corrected chi connectivity index (χ4v) is 1.86. The largest absolute Gasteiger partial charge is 0.465 e. The lowest BCUT2D eigenvalue weighted by atomic mass is 10.1. The zero-order chi connectivity index (χ0) is 16.0. The summed E-state index contributed by atoms with van der Waals surface area (Å²) >= 11 is 0. The second-order valence-corrected chi connectivity index (χ2v) is 4.44. The number of nitro groups is 1. The molecule has 0 aliphatic heterocycles. The van der Waals surface area contributed by atoms with Gasteiger partial charge in [-0.15, -0.1) is 0 Å². The number of likely N-dealkylation sites (N-methyl/N-ethyl adjacent to an activating group) is 1. The number of ether oxygens (including phenoxy) is 1. The number of carbonyl (C=O) groups excluding carboxylic acids is 2. The number of rotatable bonds is 6. The van der Waals surface area contributed by atoms with Crippen LogP contribution in [0.2, 0.25) is 0 Å². The summed E-state index contributed by atoms with van der Waals surface area (Å²) in [5.41, 5.74) is 0.651. The van der Waals surface area contributed by atoms with E-state index >= 15 is 0 Å². The topological polar surface area (TPSA) is 89.8 Å². The molecular weight excluding hydrogens is 276 g/mol. The van der Waals surface area contributed by atoms with Gasteiger partial charge in [0.1, 0.15) is 6.54 Å². The van der Waals surface area contributed by atoms with Gasteiger partial charge in [0.15, 0.2) is 0 Å². The van der Waals surface area contributed by atoms with Crippen LogP contribution in [0.1, 0.15) is 29.8 Å². The molecule has 0 N–H and O–H groups in total. The molecule has 7 nitrogen and oxygen atoms in total. The van der Waals surface area contributed by atoms with E-state index in [9.17, 15) is 19.7 Å². The minimum atomic E-state index is -0.550. The van der Waals surface area contributed by atoms with E-state index in [-0.39, 0.29) is 24.4 Å². The molecule has 0 spiro atoms. The van der Waals surface area contributed by atoms with Gasteiger partial charge in [-0.25, -0.2) is 0 Å². The van der Waals surface area contributed by atoms with Crippen LogP contribution in [0.5, 0.6) is 0 Å². The van der Waals surface area contributed by atoms with Gasteiger partial charge in [-0.1, -0.05) is 0 Å². The van der Waals surface area contributed by atoms with Crippen molar-refractivity contribution in [2.75, 3.05) is 19.7 Å². The summed E-state index contributed by atoms with van der Waals surface area (Å²) in [5.74, 6) is -0.938. The molecule has 0 radical (unpaired) electrons. The quantitative estimate of drug-likeness (QED) is 0.454. The molecule has 1 amide bonds. The first-order chi connectivity index (χ1) is 9.88. The Balaban J connectivity index is 2.99. The maximum Gasteiger partial charge on any atom is 0.325 e. The van der Waals surface area contributed by atoms with Crippen molar-refractivity contribution in [2.45, 2.75) is 20.8 Å². The molecule has 7 heteroatoms. The number of nitrogens with zero attached hydrogens (tertiary/aromatic N) is 2. The van der Waals surface area contributed by atoms with Gasteiger partial charge >= 0.3 is 5.97 Å². The van der Waals surface area contributed by atoms with Gasteiger partial charge in [-0.3, -0.25) is 19.7 Å². The zero-order valence-corrected chi connectivity index (χ0v) is 12.3. The van der Waals surface area contributed by atoms with E-state index < -0.39 is 16.8 Å². The van der Waals surface area contributed by atoms with E-state index in [1.165, 1.54) is 17.0 Å². The number of carbonyl (C=O) groups is 2. The van der Waals surface area contributed by atoms with Crippen LogP contribution in [-0.4, -0.2) is 41.4 Å². The minimum absolute atomic E-state index is 0.148. The van der Waals surface area contributed by atoms with Gasteiger partial charge in [-0.2, -0.15) is 0 Å². The minimum Gasteiger partial charge on any atom is -0.465 e.